The minimum atomic E-state index is 0.0252. The second-order valence-corrected chi connectivity index (χ2v) is 6.51. The third-order valence-electron chi connectivity index (χ3n) is 3.90. The van der Waals surface area contributed by atoms with Gasteiger partial charge in [-0.05, 0) is 31.7 Å². The van der Waals surface area contributed by atoms with Crippen LogP contribution in [-0.2, 0) is 4.79 Å². The molecule has 1 fully saturated rings. The highest BCUT2D eigenvalue weighted by Gasteiger charge is 2.35. The zero-order valence-electron chi connectivity index (χ0n) is 13.0. The summed E-state index contributed by atoms with van der Waals surface area (Å²) in [7, 11) is 0. The number of nitrogens with zero attached hydrogens (tertiary/aromatic N) is 1. The zero-order valence-corrected chi connectivity index (χ0v) is 13.0. The summed E-state index contributed by atoms with van der Waals surface area (Å²) in [6.07, 6.45) is 1.36. The van der Waals surface area contributed by atoms with Crippen LogP contribution in [0.1, 0.15) is 49.4 Å². The highest BCUT2D eigenvalue weighted by Crippen LogP contribution is 2.32. The molecule has 110 valence electrons. The van der Waals surface area contributed by atoms with E-state index in [1.165, 1.54) is 16.7 Å². The van der Waals surface area contributed by atoms with Crippen molar-refractivity contribution in [3.8, 4) is 0 Å². The molecule has 0 aromatic heterocycles. The summed E-state index contributed by atoms with van der Waals surface area (Å²) < 4.78 is 0. The molecular formula is C17H26N2O. The Balaban J connectivity index is 2.38. The summed E-state index contributed by atoms with van der Waals surface area (Å²) >= 11 is 0. The summed E-state index contributed by atoms with van der Waals surface area (Å²) in [5.74, 6) is 0.696. The summed E-state index contributed by atoms with van der Waals surface area (Å²) in [4.78, 5) is 14.3. The second kappa shape index (κ2) is 5.96. The number of amides is 1. The number of hydrogen-bond donors (Lipinski definition) is 1. The summed E-state index contributed by atoms with van der Waals surface area (Å²) in [5, 5.41) is 0. The lowest BCUT2D eigenvalue weighted by atomic mass is 9.88. The molecule has 2 rings (SSSR count). The van der Waals surface area contributed by atoms with Crippen LogP contribution in [0.4, 0.5) is 0 Å². The van der Waals surface area contributed by atoms with Crippen LogP contribution < -0.4 is 5.73 Å². The topological polar surface area (TPSA) is 46.3 Å². The van der Waals surface area contributed by atoms with Gasteiger partial charge in [-0.1, -0.05) is 43.2 Å². The van der Waals surface area contributed by atoms with Crippen molar-refractivity contribution in [1.82, 2.24) is 4.90 Å². The number of hydrogen-bond acceptors (Lipinski definition) is 2. The Bertz CT molecular complexity index is 476. The molecular weight excluding hydrogens is 248 g/mol. The first-order chi connectivity index (χ1) is 9.38. The molecule has 3 nitrogen and oxygen atoms in total. The smallest absolute Gasteiger partial charge is 0.223 e. The van der Waals surface area contributed by atoms with Crippen LogP contribution in [0.5, 0.6) is 0 Å². The van der Waals surface area contributed by atoms with E-state index in [2.05, 4.69) is 45.9 Å². The van der Waals surface area contributed by atoms with Gasteiger partial charge in [-0.2, -0.15) is 0 Å². The fraction of sp³-hybridized carbons (Fsp3) is 0.588. The van der Waals surface area contributed by atoms with Crippen molar-refractivity contribution < 1.29 is 4.79 Å². The standard InChI is InChI=1S/C17H26N2O/c1-11(2)10-19-16(20)6-5-15(18)17(19)14-8-12(3)7-13(4)9-14/h7-9,11,15,17H,5-6,10,18H2,1-4H3. The number of rotatable bonds is 3. The first kappa shape index (κ1) is 15.0. The van der Waals surface area contributed by atoms with E-state index < -0.39 is 0 Å². The summed E-state index contributed by atoms with van der Waals surface area (Å²) in [6.45, 7) is 9.26. The predicted molar refractivity (Wildman–Crippen MR) is 82.4 cm³/mol. The van der Waals surface area contributed by atoms with Crippen molar-refractivity contribution in [2.75, 3.05) is 6.54 Å². The lowest BCUT2D eigenvalue weighted by molar-refractivity contribution is -0.138. The molecule has 0 aliphatic carbocycles. The Morgan fingerprint density at radius 1 is 1.25 bits per heavy atom. The molecule has 1 aliphatic rings. The van der Waals surface area contributed by atoms with E-state index >= 15 is 0 Å². The molecule has 2 unspecified atom stereocenters. The first-order valence-electron chi connectivity index (χ1n) is 7.51. The van der Waals surface area contributed by atoms with Gasteiger partial charge in [0.15, 0.2) is 0 Å². The molecule has 1 saturated heterocycles. The lowest BCUT2D eigenvalue weighted by Crippen LogP contribution is -2.50. The molecule has 1 amide bonds. The van der Waals surface area contributed by atoms with Crippen molar-refractivity contribution >= 4 is 5.91 Å². The molecule has 0 bridgehead atoms. The summed E-state index contributed by atoms with van der Waals surface area (Å²) in [5.41, 5.74) is 9.99. The van der Waals surface area contributed by atoms with Gasteiger partial charge in [0.1, 0.15) is 0 Å². The van der Waals surface area contributed by atoms with E-state index in [0.29, 0.717) is 12.3 Å². The van der Waals surface area contributed by atoms with Crippen LogP contribution in [-0.4, -0.2) is 23.4 Å². The lowest BCUT2D eigenvalue weighted by Gasteiger charge is -2.41. The average Bonchev–Trinajstić information content (AvgIpc) is 2.32. The maximum atomic E-state index is 12.3. The minimum absolute atomic E-state index is 0.0252. The van der Waals surface area contributed by atoms with Gasteiger partial charge in [0.25, 0.3) is 0 Å². The van der Waals surface area contributed by atoms with Crippen LogP contribution in [0.3, 0.4) is 0 Å². The third-order valence-corrected chi connectivity index (χ3v) is 3.90. The zero-order chi connectivity index (χ0) is 14.9. The summed E-state index contributed by atoms with van der Waals surface area (Å²) in [6, 6.07) is 6.56. The number of carbonyl (C=O) groups is 1. The maximum Gasteiger partial charge on any atom is 0.223 e. The Labute approximate surface area is 122 Å². The Morgan fingerprint density at radius 2 is 1.85 bits per heavy atom. The van der Waals surface area contributed by atoms with Crippen molar-refractivity contribution in [1.29, 1.82) is 0 Å². The second-order valence-electron chi connectivity index (χ2n) is 6.51. The first-order valence-corrected chi connectivity index (χ1v) is 7.51. The molecule has 2 atom stereocenters. The van der Waals surface area contributed by atoms with Gasteiger partial charge in [0.2, 0.25) is 5.91 Å². The van der Waals surface area contributed by atoms with Crippen molar-refractivity contribution in [2.24, 2.45) is 11.7 Å². The molecule has 2 N–H and O–H groups in total. The van der Waals surface area contributed by atoms with Gasteiger partial charge in [-0.3, -0.25) is 4.79 Å². The molecule has 0 radical (unpaired) electrons. The van der Waals surface area contributed by atoms with E-state index in [9.17, 15) is 4.79 Å². The van der Waals surface area contributed by atoms with E-state index in [4.69, 9.17) is 5.73 Å². The highest BCUT2D eigenvalue weighted by atomic mass is 16.2. The SMILES string of the molecule is Cc1cc(C)cc(C2C(N)CCC(=O)N2CC(C)C)c1. The number of benzene rings is 1. The number of nitrogens with two attached hydrogens (primary N) is 1. The fourth-order valence-corrected chi connectivity index (χ4v) is 3.19. The van der Waals surface area contributed by atoms with Crippen molar-refractivity contribution in [3.63, 3.8) is 0 Å². The third kappa shape index (κ3) is 3.21. The Kier molecular flexibility index (Phi) is 4.48. The molecule has 1 aromatic carbocycles. The molecule has 1 heterocycles. The number of likely N-dealkylation sites (tertiary alicyclic amines) is 1. The minimum Gasteiger partial charge on any atom is -0.334 e. The number of aryl methyl sites for hydroxylation is 2. The highest BCUT2D eigenvalue weighted by molar-refractivity contribution is 5.78. The van der Waals surface area contributed by atoms with Gasteiger partial charge in [-0.15, -0.1) is 0 Å². The van der Waals surface area contributed by atoms with Crippen LogP contribution in [0.2, 0.25) is 0 Å². The molecule has 20 heavy (non-hydrogen) atoms. The molecule has 1 aliphatic heterocycles. The normalized spacial score (nSPS) is 23.5. The fourth-order valence-electron chi connectivity index (χ4n) is 3.19. The van der Waals surface area contributed by atoms with Gasteiger partial charge in [0, 0.05) is 19.0 Å². The largest absolute Gasteiger partial charge is 0.334 e. The molecule has 1 aromatic rings. The van der Waals surface area contributed by atoms with Crippen LogP contribution >= 0.6 is 0 Å². The molecule has 3 heteroatoms. The van der Waals surface area contributed by atoms with E-state index in [1.807, 2.05) is 4.90 Å². The van der Waals surface area contributed by atoms with Crippen LogP contribution in [0.25, 0.3) is 0 Å². The van der Waals surface area contributed by atoms with Crippen LogP contribution in [0, 0.1) is 19.8 Å². The number of piperidine rings is 1. The van der Waals surface area contributed by atoms with Crippen LogP contribution in [0.15, 0.2) is 18.2 Å². The quantitative estimate of drug-likeness (QED) is 0.921. The monoisotopic (exact) mass is 274 g/mol. The van der Waals surface area contributed by atoms with Gasteiger partial charge in [-0.25, -0.2) is 0 Å². The average molecular weight is 274 g/mol. The van der Waals surface area contributed by atoms with Gasteiger partial charge < -0.3 is 10.6 Å². The molecule has 0 saturated carbocycles. The predicted octanol–water partition coefficient (Wildman–Crippen LogP) is 2.95. The van der Waals surface area contributed by atoms with Gasteiger partial charge in [0.05, 0.1) is 6.04 Å². The van der Waals surface area contributed by atoms with E-state index in [1.54, 1.807) is 0 Å². The van der Waals surface area contributed by atoms with Crippen molar-refractivity contribution in [2.45, 2.75) is 52.6 Å². The Morgan fingerprint density at radius 3 is 2.40 bits per heavy atom. The number of carbonyl (C=O) groups excluding carboxylic acids is 1. The maximum absolute atomic E-state index is 12.3. The Hall–Kier alpha value is -1.35. The van der Waals surface area contributed by atoms with Gasteiger partial charge >= 0.3 is 0 Å². The van der Waals surface area contributed by atoms with E-state index in [-0.39, 0.29) is 18.0 Å². The molecule has 0 spiro atoms. The van der Waals surface area contributed by atoms with Crippen molar-refractivity contribution in [3.05, 3.63) is 34.9 Å². The van der Waals surface area contributed by atoms with E-state index in [0.717, 1.165) is 13.0 Å².